The predicted molar refractivity (Wildman–Crippen MR) is 83.5 cm³/mol. The fourth-order valence-corrected chi connectivity index (χ4v) is 2.29. The summed E-state index contributed by atoms with van der Waals surface area (Å²) in [7, 11) is 0. The predicted octanol–water partition coefficient (Wildman–Crippen LogP) is 2.80. The van der Waals surface area contributed by atoms with E-state index in [1.54, 1.807) is 0 Å². The van der Waals surface area contributed by atoms with Crippen LogP contribution in [0.5, 0.6) is 0 Å². The number of amidine groups is 1. The highest BCUT2D eigenvalue weighted by molar-refractivity contribution is 5.77. The van der Waals surface area contributed by atoms with Crippen LogP contribution in [0.25, 0.3) is 0 Å². The van der Waals surface area contributed by atoms with Gasteiger partial charge in [0.15, 0.2) is 0 Å². The first kappa shape index (κ1) is 15.7. The van der Waals surface area contributed by atoms with Crippen LogP contribution in [0, 0.1) is 6.92 Å². The summed E-state index contributed by atoms with van der Waals surface area (Å²) in [6.45, 7) is 4.80. The molecule has 0 aromatic heterocycles. The number of rotatable bonds is 8. The Hall–Kier alpha value is -1.35. The molecule has 4 N–H and O–H groups in total. The van der Waals surface area contributed by atoms with Crippen molar-refractivity contribution < 1.29 is 0 Å². The standard InChI is InChI=1S/C16H27N3/c1-13-8-5-6-9-15(13)12-16(19-14(2)18)10-4-3-7-11-17/h5-6,8-9,16H,3-4,7,10-12,17H2,1-2H3,(H2,18,19). The van der Waals surface area contributed by atoms with E-state index >= 15 is 0 Å². The van der Waals surface area contributed by atoms with E-state index in [9.17, 15) is 0 Å². The summed E-state index contributed by atoms with van der Waals surface area (Å²) in [6.07, 6.45) is 5.51. The minimum atomic E-state index is 0.295. The van der Waals surface area contributed by atoms with Gasteiger partial charge in [-0.1, -0.05) is 37.1 Å². The summed E-state index contributed by atoms with van der Waals surface area (Å²) in [5.74, 6) is 0.678. The van der Waals surface area contributed by atoms with Crippen molar-refractivity contribution in [3.05, 3.63) is 35.4 Å². The second-order valence-corrected chi connectivity index (χ2v) is 5.19. The molecule has 1 aromatic rings. The van der Waals surface area contributed by atoms with Crippen molar-refractivity contribution in [3.63, 3.8) is 0 Å². The van der Waals surface area contributed by atoms with Gasteiger partial charge in [-0.15, -0.1) is 0 Å². The molecular formula is C16H27N3. The van der Waals surface area contributed by atoms with Crippen LogP contribution in [0.3, 0.4) is 0 Å². The molecule has 0 bridgehead atoms. The van der Waals surface area contributed by atoms with Crippen LogP contribution in [0.1, 0.15) is 43.7 Å². The molecule has 0 aliphatic rings. The molecule has 1 unspecified atom stereocenters. The first-order valence-electron chi connectivity index (χ1n) is 7.18. The van der Waals surface area contributed by atoms with E-state index < -0.39 is 0 Å². The zero-order valence-corrected chi connectivity index (χ0v) is 12.2. The van der Waals surface area contributed by atoms with Crippen LogP contribution in [-0.2, 0) is 6.42 Å². The number of aliphatic imine (C=N–C) groups is 1. The molecule has 1 atom stereocenters. The Bertz CT molecular complexity index is 395. The maximum atomic E-state index is 5.75. The molecule has 0 radical (unpaired) electrons. The quantitative estimate of drug-likeness (QED) is 0.429. The van der Waals surface area contributed by atoms with Crippen molar-refractivity contribution in [2.75, 3.05) is 6.54 Å². The molecule has 3 nitrogen and oxygen atoms in total. The largest absolute Gasteiger partial charge is 0.388 e. The van der Waals surface area contributed by atoms with Gasteiger partial charge < -0.3 is 11.5 Å². The molecular weight excluding hydrogens is 234 g/mol. The third kappa shape index (κ3) is 6.39. The average molecular weight is 261 g/mol. The highest BCUT2D eigenvalue weighted by Gasteiger charge is 2.09. The Balaban J connectivity index is 2.59. The first-order valence-corrected chi connectivity index (χ1v) is 7.18. The lowest BCUT2D eigenvalue weighted by Gasteiger charge is -2.14. The lowest BCUT2D eigenvalue weighted by Crippen LogP contribution is -2.16. The number of nitrogens with two attached hydrogens (primary N) is 2. The third-order valence-electron chi connectivity index (χ3n) is 3.34. The molecule has 0 aliphatic carbocycles. The number of nitrogens with zero attached hydrogens (tertiary/aromatic N) is 1. The van der Waals surface area contributed by atoms with Crippen LogP contribution >= 0.6 is 0 Å². The van der Waals surface area contributed by atoms with Gasteiger partial charge in [0, 0.05) is 0 Å². The van der Waals surface area contributed by atoms with Gasteiger partial charge in [0.2, 0.25) is 0 Å². The summed E-state index contributed by atoms with van der Waals surface area (Å²) < 4.78 is 0. The minimum absolute atomic E-state index is 0.295. The summed E-state index contributed by atoms with van der Waals surface area (Å²) in [5, 5.41) is 0. The van der Waals surface area contributed by atoms with Gasteiger partial charge in [0.25, 0.3) is 0 Å². The van der Waals surface area contributed by atoms with Gasteiger partial charge in [0.1, 0.15) is 0 Å². The minimum Gasteiger partial charge on any atom is -0.388 e. The highest BCUT2D eigenvalue weighted by Crippen LogP contribution is 2.16. The molecule has 0 fully saturated rings. The lowest BCUT2D eigenvalue weighted by atomic mass is 9.97. The van der Waals surface area contributed by atoms with Crippen molar-refractivity contribution in [3.8, 4) is 0 Å². The van der Waals surface area contributed by atoms with E-state index in [1.165, 1.54) is 24.0 Å². The van der Waals surface area contributed by atoms with Crippen LogP contribution < -0.4 is 11.5 Å². The van der Waals surface area contributed by atoms with E-state index in [2.05, 4.69) is 36.2 Å². The van der Waals surface area contributed by atoms with E-state index in [4.69, 9.17) is 11.5 Å². The fraction of sp³-hybridized carbons (Fsp3) is 0.562. The summed E-state index contributed by atoms with van der Waals surface area (Å²) >= 11 is 0. The average Bonchev–Trinajstić information content (AvgIpc) is 2.36. The molecule has 3 heteroatoms. The maximum absolute atomic E-state index is 5.75. The Morgan fingerprint density at radius 2 is 1.95 bits per heavy atom. The Labute approximate surface area is 117 Å². The van der Waals surface area contributed by atoms with Gasteiger partial charge >= 0.3 is 0 Å². The van der Waals surface area contributed by atoms with E-state index in [0.29, 0.717) is 11.9 Å². The Kier molecular flexibility index (Phi) is 7.19. The van der Waals surface area contributed by atoms with Crippen molar-refractivity contribution >= 4 is 5.84 Å². The molecule has 1 rings (SSSR count). The zero-order chi connectivity index (χ0) is 14.1. The van der Waals surface area contributed by atoms with Crippen molar-refractivity contribution in [2.45, 2.75) is 52.0 Å². The van der Waals surface area contributed by atoms with Crippen LogP contribution in [0.4, 0.5) is 0 Å². The summed E-state index contributed by atoms with van der Waals surface area (Å²) in [4.78, 5) is 4.57. The normalized spacial score (nSPS) is 13.5. The Morgan fingerprint density at radius 1 is 1.21 bits per heavy atom. The van der Waals surface area contributed by atoms with Crippen LogP contribution in [0.15, 0.2) is 29.3 Å². The highest BCUT2D eigenvalue weighted by atomic mass is 14.9. The van der Waals surface area contributed by atoms with E-state index in [-0.39, 0.29) is 0 Å². The number of hydrogen-bond donors (Lipinski definition) is 2. The molecule has 1 aromatic carbocycles. The molecule has 0 aliphatic heterocycles. The van der Waals surface area contributed by atoms with Gasteiger partial charge in [-0.25, -0.2) is 0 Å². The molecule has 0 spiro atoms. The zero-order valence-electron chi connectivity index (χ0n) is 12.2. The smallest absolute Gasteiger partial charge is 0.0909 e. The molecule has 106 valence electrons. The molecule has 0 saturated carbocycles. The number of unbranched alkanes of at least 4 members (excludes halogenated alkanes) is 2. The second kappa shape index (κ2) is 8.70. The van der Waals surface area contributed by atoms with Crippen molar-refractivity contribution in [2.24, 2.45) is 16.5 Å². The van der Waals surface area contributed by atoms with Crippen molar-refractivity contribution in [1.82, 2.24) is 0 Å². The Morgan fingerprint density at radius 3 is 2.58 bits per heavy atom. The summed E-state index contributed by atoms with van der Waals surface area (Å²) in [6, 6.07) is 8.80. The number of aryl methyl sites for hydroxylation is 1. The molecule has 0 heterocycles. The van der Waals surface area contributed by atoms with E-state index in [1.807, 2.05) is 6.92 Å². The second-order valence-electron chi connectivity index (χ2n) is 5.19. The van der Waals surface area contributed by atoms with Gasteiger partial charge in [-0.2, -0.15) is 0 Å². The number of benzene rings is 1. The SMILES string of the molecule is CC(N)=NC(CCCCCN)Cc1ccccc1C. The monoisotopic (exact) mass is 261 g/mol. The lowest BCUT2D eigenvalue weighted by molar-refractivity contribution is 0.552. The van der Waals surface area contributed by atoms with Gasteiger partial charge in [-0.3, -0.25) is 4.99 Å². The topological polar surface area (TPSA) is 64.4 Å². The summed E-state index contributed by atoms with van der Waals surface area (Å²) in [5.41, 5.74) is 14.0. The van der Waals surface area contributed by atoms with Gasteiger partial charge in [-0.05, 0) is 50.8 Å². The van der Waals surface area contributed by atoms with E-state index in [0.717, 1.165) is 25.8 Å². The third-order valence-corrected chi connectivity index (χ3v) is 3.34. The molecule has 19 heavy (non-hydrogen) atoms. The molecule has 0 saturated heterocycles. The number of hydrogen-bond acceptors (Lipinski definition) is 2. The molecule has 0 amide bonds. The van der Waals surface area contributed by atoms with Crippen LogP contribution in [-0.4, -0.2) is 18.4 Å². The van der Waals surface area contributed by atoms with Gasteiger partial charge in [0.05, 0.1) is 11.9 Å². The fourth-order valence-electron chi connectivity index (χ4n) is 2.29. The first-order chi connectivity index (χ1) is 9.13. The van der Waals surface area contributed by atoms with Crippen LogP contribution in [0.2, 0.25) is 0 Å². The maximum Gasteiger partial charge on any atom is 0.0909 e. The van der Waals surface area contributed by atoms with Crippen molar-refractivity contribution in [1.29, 1.82) is 0 Å².